The van der Waals surface area contributed by atoms with Crippen molar-refractivity contribution in [1.82, 2.24) is 0 Å². The zero-order chi connectivity index (χ0) is 14.2. The van der Waals surface area contributed by atoms with Crippen LogP contribution >= 0.6 is 15.9 Å². The quantitative estimate of drug-likeness (QED) is 0.616. The normalized spacial score (nSPS) is 35.5. The van der Waals surface area contributed by atoms with E-state index in [0.717, 1.165) is 36.8 Å². The molecule has 2 aliphatic carbocycles. The second-order valence-electron chi connectivity index (χ2n) is 6.18. The van der Waals surface area contributed by atoms with Crippen LogP contribution in [0.25, 0.3) is 0 Å². The summed E-state index contributed by atoms with van der Waals surface area (Å²) >= 11 is 3.51. The van der Waals surface area contributed by atoms with Crippen molar-refractivity contribution in [3.05, 3.63) is 22.8 Å². The minimum atomic E-state index is -0.316. The Kier molecular flexibility index (Phi) is 4.36. The van der Waals surface area contributed by atoms with Gasteiger partial charge in [0.2, 0.25) is 0 Å². The molecule has 1 fully saturated rings. The predicted molar refractivity (Wildman–Crippen MR) is 81.4 cm³/mol. The SMILES string of the molecule is CC1=C2CCC[C@H](O)[C@@]2(C)C/C(=C\CC(C)Br)C1=O. The van der Waals surface area contributed by atoms with E-state index in [1.54, 1.807) is 0 Å². The molecule has 3 atom stereocenters. The average Bonchev–Trinajstić information content (AvgIpc) is 2.35. The van der Waals surface area contributed by atoms with Crippen molar-refractivity contribution >= 4 is 21.7 Å². The smallest absolute Gasteiger partial charge is 0.184 e. The Labute approximate surface area is 124 Å². The van der Waals surface area contributed by atoms with Gasteiger partial charge in [-0.15, -0.1) is 0 Å². The van der Waals surface area contributed by atoms with Gasteiger partial charge in [0.25, 0.3) is 0 Å². The number of allylic oxidation sites excluding steroid dienone is 3. The maximum Gasteiger partial charge on any atom is 0.184 e. The number of aliphatic hydroxyl groups excluding tert-OH is 1. The molecule has 106 valence electrons. The van der Waals surface area contributed by atoms with Gasteiger partial charge < -0.3 is 5.11 Å². The highest BCUT2D eigenvalue weighted by atomic mass is 79.9. The summed E-state index contributed by atoms with van der Waals surface area (Å²) in [5.41, 5.74) is 2.73. The molecule has 0 bridgehead atoms. The lowest BCUT2D eigenvalue weighted by molar-refractivity contribution is -0.113. The highest BCUT2D eigenvalue weighted by Gasteiger charge is 2.45. The van der Waals surface area contributed by atoms with Crippen LogP contribution in [0.2, 0.25) is 0 Å². The fraction of sp³-hybridized carbons (Fsp3) is 0.688. The maximum absolute atomic E-state index is 12.4. The molecule has 1 saturated carbocycles. The van der Waals surface area contributed by atoms with Crippen LogP contribution in [0.5, 0.6) is 0 Å². The second kappa shape index (κ2) is 5.53. The molecular formula is C16H23BrO2. The van der Waals surface area contributed by atoms with E-state index in [4.69, 9.17) is 0 Å². The summed E-state index contributed by atoms with van der Waals surface area (Å²) in [4.78, 5) is 12.8. The summed E-state index contributed by atoms with van der Waals surface area (Å²) in [6.45, 7) is 6.13. The van der Waals surface area contributed by atoms with Crippen molar-refractivity contribution in [3.63, 3.8) is 0 Å². The van der Waals surface area contributed by atoms with Crippen molar-refractivity contribution in [2.24, 2.45) is 5.41 Å². The summed E-state index contributed by atoms with van der Waals surface area (Å²) in [6, 6.07) is 0. The Balaban J connectivity index is 2.38. The molecule has 1 N–H and O–H groups in total. The van der Waals surface area contributed by atoms with E-state index in [1.807, 2.05) is 6.92 Å². The fourth-order valence-electron chi connectivity index (χ4n) is 3.44. The molecule has 2 aliphatic rings. The van der Waals surface area contributed by atoms with Crippen LogP contribution < -0.4 is 0 Å². The number of halogens is 1. The van der Waals surface area contributed by atoms with Crippen molar-refractivity contribution in [2.45, 2.75) is 63.8 Å². The van der Waals surface area contributed by atoms with E-state index in [9.17, 15) is 9.90 Å². The van der Waals surface area contributed by atoms with Crippen LogP contribution in [0, 0.1) is 5.41 Å². The zero-order valence-electron chi connectivity index (χ0n) is 12.0. The third-order valence-electron chi connectivity index (χ3n) is 4.66. The van der Waals surface area contributed by atoms with Crippen LogP contribution in [0.15, 0.2) is 22.8 Å². The molecule has 3 heteroatoms. The van der Waals surface area contributed by atoms with E-state index < -0.39 is 0 Å². The molecule has 0 saturated heterocycles. The Morgan fingerprint density at radius 2 is 2.26 bits per heavy atom. The third-order valence-corrected chi connectivity index (χ3v) is 5.03. The number of hydrogen-bond donors (Lipinski definition) is 1. The average molecular weight is 327 g/mol. The van der Waals surface area contributed by atoms with Crippen LogP contribution in [-0.4, -0.2) is 21.8 Å². The van der Waals surface area contributed by atoms with Crippen LogP contribution in [0.3, 0.4) is 0 Å². The molecule has 2 rings (SSSR count). The molecule has 2 nitrogen and oxygen atoms in total. The molecule has 0 heterocycles. The molecule has 0 aliphatic heterocycles. The zero-order valence-corrected chi connectivity index (χ0v) is 13.6. The standard InChI is InChI=1S/C16H23BrO2/c1-10(17)7-8-12-9-16(3)13(11(2)15(12)19)5-4-6-14(16)18/h8,10,14,18H,4-7,9H2,1-3H3/b12-8+/t10?,14-,16-/m0/s1. The number of alkyl halides is 1. The highest BCUT2D eigenvalue weighted by Crippen LogP contribution is 2.50. The lowest BCUT2D eigenvalue weighted by atomic mass is 9.61. The molecule has 0 aromatic rings. The largest absolute Gasteiger partial charge is 0.392 e. The lowest BCUT2D eigenvalue weighted by Gasteiger charge is -2.45. The van der Waals surface area contributed by atoms with Gasteiger partial charge in [0, 0.05) is 10.2 Å². The van der Waals surface area contributed by atoms with Gasteiger partial charge in [-0.05, 0) is 50.2 Å². The first kappa shape index (κ1) is 15.0. The number of fused-ring (bicyclic) bond motifs is 1. The van der Waals surface area contributed by atoms with Crippen LogP contribution in [0.1, 0.15) is 52.9 Å². The Morgan fingerprint density at radius 1 is 1.58 bits per heavy atom. The summed E-state index contributed by atoms with van der Waals surface area (Å²) in [7, 11) is 0. The van der Waals surface area contributed by atoms with Crippen molar-refractivity contribution in [3.8, 4) is 0 Å². The second-order valence-corrected chi connectivity index (χ2v) is 7.74. The first-order valence-corrected chi connectivity index (χ1v) is 8.04. The molecule has 0 radical (unpaired) electrons. The van der Waals surface area contributed by atoms with Gasteiger partial charge in [0.1, 0.15) is 0 Å². The minimum absolute atomic E-state index is 0.190. The van der Waals surface area contributed by atoms with Crippen molar-refractivity contribution in [1.29, 1.82) is 0 Å². The molecule has 0 aromatic carbocycles. The number of carbonyl (C=O) groups is 1. The highest BCUT2D eigenvalue weighted by molar-refractivity contribution is 9.09. The van der Waals surface area contributed by atoms with Gasteiger partial charge >= 0.3 is 0 Å². The molecule has 0 amide bonds. The Bertz CT molecular complexity index is 448. The van der Waals surface area contributed by atoms with Gasteiger partial charge in [-0.2, -0.15) is 0 Å². The number of ketones is 1. The molecule has 0 aromatic heterocycles. The van der Waals surface area contributed by atoms with Gasteiger partial charge in [-0.1, -0.05) is 41.4 Å². The number of carbonyl (C=O) groups excluding carboxylic acids is 1. The van der Waals surface area contributed by atoms with E-state index in [-0.39, 0.29) is 17.3 Å². The molecule has 1 unspecified atom stereocenters. The van der Waals surface area contributed by atoms with Crippen molar-refractivity contribution in [2.75, 3.05) is 0 Å². The Morgan fingerprint density at radius 3 is 2.89 bits per heavy atom. The number of Topliss-reactive ketones (excluding diaryl/α,β-unsaturated/α-hetero) is 1. The van der Waals surface area contributed by atoms with Gasteiger partial charge in [-0.3, -0.25) is 4.79 Å². The van der Waals surface area contributed by atoms with Crippen LogP contribution in [-0.2, 0) is 4.79 Å². The topological polar surface area (TPSA) is 37.3 Å². The lowest BCUT2D eigenvalue weighted by Crippen LogP contribution is -2.42. The van der Waals surface area contributed by atoms with Gasteiger partial charge in [-0.25, -0.2) is 0 Å². The summed E-state index contributed by atoms with van der Waals surface area (Å²) < 4.78 is 0. The molecule has 19 heavy (non-hydrogen) atoms. The predicted octanol–water partition coefficient (Wildman–Crippen LogP) is 3.93. The first-order valence-electron chi connectivity index (χ1n) is 7.12. The first-order chi connectivity index (χ1) is 8.86. The van der Waals surface area contributed by atoms with E-state index in [1.165, 1.54) is 5.57 Å². The van der Waals surface area contributed by atoms with Crippen LogP contribution in [0.4, 0.5) is 0 Å². The monoisotopic (exact) mass is 326 g/mol. The number of aliphatic hydroxyl groups is 1. The summed E-state index contributed by atoms with van der Waals surface area (Å²) in [6.07, 6.45) is 6.10. The maximum atomic E-state index is 12.4. The van der Waals surface area contributed by atoms with E-state index >= 15 is 0 Å². The number of hydrogen-bond acceptors (Lipinski definition) is 2. The molecule has 0 spiro atoms. The fourth-order valence-corrected chi connectivity index (χ4v) is 3.63. The third kappa shape index (κ3) is 2.73. The van der Waals surface area contributed by atoms with Gasteiger partial charge in [0.05, 0.1) is 6.10 Å². The minimum Gasteiger partial charge on any atom is -0.392 e. The van der Waals surface area contributed by atoms with E-state index in [0.29, 0.717) is 11.2 Å². The molecular weight excluding hydrogens is 304 g/mol. The van der Waals surface area contributed by atoms with Crippen molar-refractivity contribution < 1.29 is 9.90 Å². The Hall–Kier alpha value is -0.410. The van der Waals surface area contributed by atoms with Gasteiger partial charge in [0.15, 0.2) is 5.78 Å². The summed E-state index contributed by atoms with van der Waals surface area (Å²) in [5, 5.41) is 10.4. The van der Waals surface area contributed by atoms with E-state index in [2.05, 4.69) is 35.9 Å². The summed E-state index contributed by atoms with van der Waals surface area (Å²) in [5.74, 6) is 0.190. The number of rotatable bonds is 2.